The van der Waals surface area contributed by atoms with Gasteiger partial charge in [0.15, 0.2) is 0 Å². The summed E-state index contributed by atoms with van der Waals surface area (Å²) in [5.74, 6) is -0.934. The van der Waals surface area contributed by atoms with E-state index in [1.165, 1.54) is 0 Å². The van der Waals surface area contributed by atoms with E-state index in [1.807, 2.05) is 32.0 Å². The second kappa shape index (κ2) is 8.53. The van der Waals surface area contributed by atoms with Crippen molar-refractivity contribution < 1.29 is 9.59 Å². The highest BCUT2D eigenvalue weighted by atomic mass is 16.2. The molecule has 1 aromatic carbocycles. The molecule has 164 valence electrons. The van der Waals surface area contributed by atoms with E-state index in [0.717, 1.165) is 43.4 Å². The molecule has 3 N–H and O–H groups in total. The molecule has 1 fully saturated rings. The number of hydrogen-bond acceptors (Lipinski definition) is 5. The van der Waals surface area contributed by atoms with Gasteiger partial charge in [-0.2, -0.15) is 4.98 Å². The van der Waals surface area contributed by atoms with Gasteiger partial charge < -0.3 is 15.5 Å². The molecule has 2 aliphatic heterocycles. The van der Waals surface area contributed by atoms with Crippen molar-refractivity contribution in [3.63, 3.8) is 0 Å². The van der Waals surface area contributed by atoms with Gasteiger partial charge in [0.25, 0.3) is 5.56 Å². The second-order valence-corrected chi connectivity index (χ2v) is 8.52. The van der Waals surface area contributed by atoms with Crippen LogP contribution in [0.3, 0.4) is 0 Å². The van der Waals surface area contributed by atoms with Gasteiger partial charge in [0, 0.05) is 24.7 Å². The van der Waals surface area contributed by atoms with E-state index < -0.39 is 5.92 Å². The first-order valence-electron chi connectivity index (χ1n) is 11.0. The van der Waals surface area contributed by atoms with E-state index in [2.05, 4.69) is 32.4 Å². The molecule has 0 spiro atoms. The standard InChI is InChI=1S/C23H29N5O3/c1-4-15-7-5-6-10-28(15)23-26-20-19(22(31)27-23)16(12-18(29)25-20)21(30)24-17-9-8-13(2)11-14(17)3/h8-9,11,15-16H,4-7,10,12H2,1-3H3,(H,24,30)(H2,25,26,27,29,31)/t15-,16+/m1/s1. The first kappa shape index (κ1) is 21.1. The highest BCUT2D eigenvalue weighted by molar-refractivity contribution is 6.04. The largest absolute Gasteiger partial charge is 0.339 e. The van der Waals surface area contributed by atoms with Gasteiger partial charge in [0.05, 0.1) is 11.5 Å². The predicted molar refractivity (Wildman–Crippen MR) is 121 cm³/mol. The third kappa shape index (κ3) is 4.19. The fourth-order valence-electron chi connectivity index (χ4n) is 4.60. The van der Waals surface area contributed by atoms with Gasteiger partial charge in [0.2, 0.25) is 17.8 Å². The Bertz CT molecular complexity index is 1080. The number of carbonyl (C=O) groups excluding carboxylic acids is 2. The number of rotatable bonds is 4. The Morgan fingerprint density at radius 3 is 2.81 bits per heavy atom. The molecule has 31 heavy (non-hydrogen) atoms. The number of piperidine rings is 1. The Morgan fingerprint density at radius 1 is 1.26 bits per heavy atom. The third-order valence-corrected chi connectivity index (χ3v) is 6.27. The highest BCUT2D eigenvalue weighted by Crippen LogP contribution is 2.32. The van der Waals surface area contributed by atoms with Crippen molar-refractivity contribution in [2.24, 2.45) is 0 Å². The van der Waals surface area contributed by atoms with E-state index in [-0.39, 0.29) is 35.2 Å². The molecule has 1 aromatic heterocycles. The quantitative estimate of drug-likeness (QED) is 0.700. The van der Waals surface area contributed by atoms with Crippen molar-refractivity contribution in [2.45, 2.75) is 64.8 Å². The van der Waals surface area contributed by atoms with E-state index in [1.54, 1.807) is 0 Å². The number of nitrogens with zero attached hydrogens (tertiary/aromatic N) is 2. The minimum absolute atomic E-state index is 0.0881. The van der Waals surface area contributed by atoms with Gasteiger partial charge >= 0.3 is 0 Å². The lowest BCUT2D eigenvalue weighted by molar-refractivity contribution is -0.123. The molecule has 8 nitrogen and oxygen atoms in total. The predicted octanol–water partition coefficient (Wildman–Crippen LogP) is 3.22. The number of aryl methyl sites for hydroxylation is 2. The number of amides is 2. The van der Waals surface area contributed by atoms with Crippen LogP contribution < -0.4 is 21.1 Å². The molecule has 0 bridgehead atoms. The number of aromatic amines is 1. The molecule has 1 saturated heterocycles. The van der Waals surface area contributed by atoms with Crippen LogP contribution in [0, 0.1) is 13.8 Å². The molecular weight excluding hydrogens is 394 g/mol. The maximum absolute atomic E-state index is 13.1. The van der Waals surface area contributed by atoms with Gasteiger partial charge in [-0.3, -0.25) is 19.4 Å². The maximum atomic E-state index is 13.1. The highest BCUT2D eigenvalue weighted by Gasteiger charge is 2.36. The van der Waals surface area contributed by atoms with E-state index in [4.69, 9.17) is 0 Å². The number of benzene rings is 1. The number of hydrogen-bond donors (Lipinski definition) is 3. The average Bonchev–Trinajstić information content (AvgIpc) is 2.74. The molecule has 2 aromatic rings. The molecule has 0 aliphatic carbocycles. The topological polar surface area (TPSA) is 107 Å². The van der Waals surface area contributed by atoms with Crippen LogP contribution in [0.4, 0.5) is 17.5 Å². The van der Waals surface area contributed by atoms with Crippen LogP contribution >= 0.6 is 0 Å². The van der Waals surface area contributed by atoms with E-state index >= 15 is 0 Å². The fourth-order valence-corrected chi connectivity index (χ4v) is 4.60. The summed E-state index contributed by atoms with van der Waals surface area (Å²) in [6.45, 7) is 6.82. The minimum atomic E-state index is -0.891. The van der Waals surface area contributed by atoms with E-state index in [0.29, 0.717) is 17.7 Å². The normalized spacial score (nSPS) is 20.7. The number of anilines is 3. The van der Waals surface area contributed by atoms with Gasteiger partial charge in [-0.15, -0.1) is 0 Å². The van der Waals surface area contributed by atoms with Crippen LogP contribution in [0.15, 0.2) is 23.0 Å². The van der Waals surface area contributed by atoms with Crippen molar-refractivity contribution in [3.05, 3.63) is 45.2 Å². The summed E-state index contributed by atoms with van der Waals surface area (Å²) in [6, 6.07) is 6.02. The van der Waals surface area contributed by atoms with Crippen molar-refractivity contribution in [2.75, 3.05) is 22.1 Å². The zero-order valence-corrected chi connectivity index (χ0v) is 18.2. The van der Waals surface area contributed by atoms with Crippen LogP contribution in [-0.4, -0.2) is 34.4 Å². The SMILES string of the molecule is CC[C@@H]1CCCCN1c1nc2c(c(=O)[nH]1)[C@@H](C(=O)Nc1ccc(C)cc1C)CC(=O)N2. The van der Waals surface area contributed by atoms with Gasteiger partial charge in [-0.1, -0.05) is 24.6 Å². The first-order valence-corrected chi connectivity index (χ1v) is 11.0. The molecule has 3 heterocycles. The second-order valence-electron chi connectivity index (χ2n) is 8.52. The number of aromatic nitrogens is 2. The Kier molecular flexibility index (Phi) is 5.80. The zero-order chi connectivity index (χ0) is 22.1. The summed E-state index contributed by atoms with van der Waals surface area (Å²) in [7, 11) is 0. The number of carbonyl (C=O) groups is 2. The fraction of sp³-hybridized carbons (Fsp3) is 0.478. The van der Waals surface area contributed by atoms with Gasteiger partial charge in [-0.05, 0) is 51.2 Å². The van der Waals surface area contributed by atoms with Crippen molar-refractivity contribution in [1.82, 2.24) is 9.97 Å². The number of nitrogens with one attached hydrogen (secondary N) is 3. The van der Waals surface area contributed by atoms with Crippen molar-refractivity contribution >= 4 is 29.3 Å². The third-order valence-electron chi connectivity index (χ3n) is 6.27. The smallest absolute Gasteiger partial charge is 0.258 e. The molecule has 2 aliphatic rings. The zero-order valence-electron chi connectivity index (χ0n) is 18.2. The molecule has 8 heteroatoms. The van der Waals surface area contributed by atoms with Gasteiger partial charge in [-0.25, -0.2) is 0 Å². The Balaban J connectivity index is 1.66. The molecule has 0 unspecified atom stereocenters. The van der Waals surface area contributed by atoms with Crippen LogP contribution in [-0.2, 0) is 9.59 Å². The van der Waals surface area contributed by atoms with Crippen LogP contribution in [0.2, 0.25) is 0 Å². The molecule has 4 rings (SSSR count). The van der Waals surface area contributed by atoms with Crippen molar-refractivity contribution in [1.29, 1.82) is 0 Å². The lowest BCUT2D eigenvalue weighted by atomic mass is 9.92. The summed E-state index contributed by atoms with van der Waals surface area (Å²) < 4.78 is 0. The molecule has 2 amide bonds. The van der Waals surface area contributed by atoms with E-state index in [9.17, 15) is 14.4 Å². The maximum Gasteiger partial charge on any atom is 0.258 e. The summed E-state index contributed by atoms with van der Waals surface area (Å²) in [5.41, 5.74) is 2.53. The Morgan fingerprint density at radius 2 is 2.06 bits per heavy atom. The molecule has 0 saturated carbocycles. The lowest BCUT2D eigenvalue weighted by Gasteiger charge is -2.36. The summed E-state index contributed by atoms with van der Waals surface area (Å²) >= 11 is 0. The first-order chi connectivity index (χ1) is 14.9. The monoisotopic (exact) mass is 423 g/mol. The van der Waals surface area contributed by atoms with Crippen molar-refractivity contribution in [3.8, 4) is 0 Å². The molecule has 0 radical (unpaired) electrons. The summed E-state index contributed by atoms with van der Waals surface area (Å²) in [5, 5.41) is 5.58. The Labute approximate surface area is 181 Å². The summed E-state index contributed by atoms with van der Waals surface area (Å²) in [4.78, 5) is 48.1. The van der Waals surface area contributed by atoms with Gasteiger partial charge in [0.1, 0.15) is 5.82 Å². The number of fused-ring (bicyclic) bond motifs is 1. The summed E-state index contributed by atoms with van der Waals surface area (Å²) in [6.07, 6.45) is 4.10. The van der Waals surface area contributed by atoms with Crippen LogP contribution in [0.1, 0.15) is 61.6 Å². The van der Waals surface area contributed by atoms with Crippen LogP contribution in [0.5, 0.6) is 0 Å². The van der Waals surface area contributed by atoms with Crippen LogP contribution in [0.25, 0.3) is 0 Å². The lowest BCUT2D eigenvalue weighted by Crippen LogP contribution is -2.43. The Hall–Kier alpha value is -3.16. The average molecular weight is 424 g/mol. The minimum Gasteiger partial charge on any atom is -0.339 e. The molecule has 2 atom stereocenters. The number of H-pyrrole nitrogens is 1. The molecular formula is C23H29N5O3.